The van der Waals surface area contributed by atoms with E-state index in [1.807, 2.05) is 0 Å². The zero-order valence-corrected chi connectivity index (χ0v) is 10.8. The minimum atomic E-state index is 0.459. The number of thioether (sulfide) groups is 1. The van der Waals surface area contributed by atoms with E-state index in [4.69, 9.17) is 5.73 Å². The number of aromatic nitrogens is 2. The number of anilines is 1. The van der Waals surface area contributed by atoms with Gasteiger partial charge < -0.3 is 5.73 Å². The zero-order valence-electron chi connectivity index (χ0n) is 9.97. The maximum absolute atomic E-state index is 5.49. The van der Waals surface area contributed by atoms with Crippen molar-refractivity contribution < 1.29 is 0 Å². The van der Waals surface area contributed by atoms with E-state index in [9.17, 15) is 0 Å². The van der Waals surface area contributed by atoms with Gasteiger partial charge in [-0.2, -0.15) is 0 Å². The smallest absolute Gasteiger partial charge is 0.141 e. The molecule has 3 nitrogen and oxygen atoms in total. The highest BCUT2D eigenvalue weighted by Crippen LogP contribution is 2.21. The molecule has 0 aliphatic heterocycles. The monoisotopic (exact) mass is 245 g/mol. The van der Waals surface area contributed by atoms with Crippen LogP contribution in [0.5, 0.6) is 0 Å². The van der Waals surface area contributed by atoms with Crippen LogP contribution in [0.15, 0.2) is 35.6 Å². The number of rotatable bonds is 3. The molecule has 0 saturated heterocycles. The maximum Gasteiger partial charge on any atom is 0.141 e. The van der Waals surface area contributed by atoms with Gasteiger partial charge in [-0.1, -0.05) is 29.3 Å². The molecule has 4 heteroatoms. The minimum absolute atomic E-state index is 0.459. The predicted molar refractivity (Wildman–Crippen MR) is 71.9 cm³/mol. The average Bonchev–Trinajstić information content (AvgIpc) is 2.27. The Morgan fingerprint density at radius 2 is 1.76 bits per heavy atom. The van der Waals surface area contributed by atoms with Gasteiger partial charge in [0.2, 0.25) is 0 Å². The summed E-state index contributed by atoms with van der Waals surface area (Å²) >= 11 is 1.67. The number of aryl methyl sites for hydroxylation is 2. The Hall–Kier alpha value is -1.55. The van der Waals surface area contributed by atoms with E-state index in [-0.39, 0.29) is 0 Å². The molecule has 0 aliphatic carbocycles. The molecule has 1 aromatic carbocycles. The highest BCUT2D eigenvalue weighted by Gasteiger charge is 2.00. The second-order valence-corrected chi connectivity index (χ2v) is 5.06. The van der Waals surface area contributed by atoms with E-state index in [2.05, 4.69) is 42.0 Å². The fraction of sp³-hybridized carbons (Fsp3) is 0.231. The summed E-state index contributed by atoms with van der Waals surface area (Å²) in [6.07, 6.45) is 3.30. The van der Waals surface area contributed by atoms with Gasteiger partial charge in [0, 0.05) is 5.75 Å². The molecule has 0 unspecified atom stereocenters. The first-order chi connectivity index (χ1) is 8.13. The lowest BCUT2D eigenvalue weighted by atomic mass is 10.1. The van der Waals surface area contributed by atoms with Crippen LogP contribution in [0.25, 0.3) is 0 Å². The van der Waals surface area contributed by atoms with Crippen molar-refractivity contribution in [1.82, 2.24) is 9.97 Å². The van der Waals surface area contributed by atoms with Crippen LogP contribution in [0.1, 0.15) is 16.7 Å². The number of nitrogens with two attached hydrogens (primary N) is 1. The molecule has 2 rings (SSSR count). The quantitative estimate of drug-likeness (QED) is 0.845. The molecule has 1 aromatic heterocycles. The van der Waals surface area contributed by atoms with Gasteiger partial charge in [0.05, 0.1) is 12.4 Å². The fourth-order valence-corrected chi connectivity index (χ4v) is 2.45. The van der Waals surface area contributed by atoms with E-state index in [0.29, 0.717) is 5.82 Å². The summed E-state index contributed by atoms with van der Waals surface area (Å²) in [5.74, 6) is 1.36. The number of nitrogen functional groups attached to an aromatic ring is 1. The van der Waals surface area contributed by atoms with Crippen molar-refractivity contribution in [2.75, 3.05) is 5.73 Å². The predicted octanol–water partition coefficient (Wildman–Crippen LogP) is 2.97. The van der Waals surface area contributed by atoms with E-state index < -0.39 is 0 Å². The van der Waals surface area contributed by atoms with Crippen molar-refractivity contribution in [2.24, 2.45) is 0 Å². The molecule has 0 radical (unpaired) electrons. The van der Waals surface area contributed by atoms with Crippen LogP contribution in [-0.2, 0) is 5.75 Å². The molecule has 88 valence electrons. The van der Waals surface area contributed by atoms with E-state index in [0.717, 1.165) is 10.8 Å². The van der Waals surface area contributed by atoms with Crippen molar-refractivity contribution in [2.45, 2.75) is 24.6 Å². The lowest BCUT2D eigenvalue weighted by Gasteiger charge is -2.04. The third-order valence-corrected chi connectivity index (χ3v) is 3.30. The van der Waals surface area contributed by atoms with Gasteiger partial charge in [-0.05, 0) is 19.4 Å². The molecule has 0 bridgehead atoms. The third kappa shape index (κ3) is 3.46. The van der Waals surface area contributed by atoms with Crippen LogP contribution >= 0.6 is 11.8 Å². The van der Waals surface area contributed by atoms with Gasteiger partial charge in [-0.3, -0.25) is 0 Å². The molecule has 1 heterocycles. The molecule has 0 atom stereocenters. The summed E-state index contributed by atoms with van der Waals surface area (Å²) in [5, 5.41) is 0.901. The average molecular weight is 245 g/mol. The Morgan fingerprint density at radius 1 is 1.06 bits per heavy atom. The first kappa shape index (κ1) is 11.9. The van der Waals surface area contributed by atoms with Gasteiger partial charge in [0.25, 0.3) is 0 Å². The van der Waals surface area contributed by atoms with Crippen molar-refractivity contribution in [3.8, 4) is 0 Å². The molecule has 2 aromatic rings. The summed E-state index contributed by atoms with van der Waals surface area (Å²) in [4.78, 5) is 8.23. The van der Waals surface area contributed by atoms with Crippen molar-refractivity contribution >= 4 is 17.6 Å². The van der Waals surface area contributed by atoms with E-state index in [1.54, 1.807) is 24.2 Å². The Bertz CT molecular complexity index is 488. The highest BCUT2D eigenvalue weighted by atomic mass is 32.2. The van der Waals surface area contributed by atoms with Gasteiger partial charge in [-0.25, -0.2) is 9.97 Å². The summed E-state index contributed by atoms with van der Waals surface area (Å²) in [6, 6.07) is 6.58. The molecule has 0 fully saturated rings. The Balaban J connectivity index is 2.04. The second-order valence-electron chi connectivity index (χ2n) is 4.06. The fourth-order valence-electron chi connectivity index (χ4n) is 1.71. The largest absolute Gasteiger partial charge is 0.382 e. The normalized spacial score (nSPS) is 10.5. The van der Waals surface area contributed by atoms with Crippen LogP contribution in [0, 0.1) is 13.8 Å². The molecule has 0 spiro atoms. The molecule has 17 heavy (non-hydrogen) atoms. The Kier molecular flexibility index (Phi) is 3.64. The van der Waals surface area contributed by atoms with E-state index >= 15 is 0 Å². The SMILES string of the molecule is Cc1cc(C)cc(CSc2cnc(N)cn2)c1. The van der Waals surface area contributed by atoms with Crippen LogP contribution in [0.4, 0.5) is 5.82 Å². The first-order valence-corrected chi connectivity index (χ1v) is 6.39. The van der Waals surface area contributed by atoms with Crippen LogP contribution in [0.3, 0.4) is 0 Å². The van der Waals surface area contributed by atoms with Crippen LogP contribution in [0.2, 0.25) is 0 Å². The van der Waals surface area contributed by atoms with Gasteiger partial charge >= 0.3 is 0 Å². The second kappa shape index (κ2) is 5.19. The molecular formula is C13H15N3S. The maximum atomic E-state index is 5.49. The third-order valence-electron chi connectivity index (χ3n) is 2.32. The summed E-state index contributed by atoms with van der Waals surface area (Å²) < 4.78 is 0. The van der Waals surface area contributed by atoms with Crippen molar-refractivity contribution in [3.63, 3.8) is 0 Å². The van der Waals surface area contributed by atoms with Gasteiger partial charge in [0.15, 0.2) is 0 Å². The molecule has 2 N–H and O–H groups in total. The van der Waals surface area contributed by atoms with E-state index in [1.165, 1.54) is 16.7 Å². The summed E-state index contributed by atoms with van der Waals surface area (Å²) in [6.45, 7) is 4.23. The standard InChI is InChI=1S/C13H15N3S/c1-9-3-10(2)5-11(4-9)8-17-13-7-15-12(14)6-16-13/h3-7H,8H2,1-2H3,(H2,14,15). The van der Waals surface area contributed by atoms with Crippen molar-refractivity contribution in [3.05, 3.63) is 47.3 Å². The lowest BCUT2D eigenvalue weighted by molar-refractivity contribution is 1.06. The van der Waals surface area contributed by atoms with Crippen LogP contribution < -0.4 is 5.73 Å². The van der Waals surface area contributed by atoms with Crippen molar-refractivity contribution in [1.29, 1.82) is 0 Å². The number of benzene rings is 1. The molecular weight excluding hydrogens is 230 g/mol. The molecule has 0 saturated carbocycles. The first-order valence-electron chi connectivity index (χ1n) is 5.41. The zero-order chi connectivity index (χ0) is 12.3. The summed E-state index contributed by atoms with van der Waals surface area (Å²) in [5.41, 5.74) is 9.39. The molecule has 0 aliphatic rings. The number of hydrogen-bond acceptors (Lipinski definition) is 4. The number of nitrogens with zero attached hydrogens (tertiary/aromatic N) is 2. The minimum Gasteiger partial charge on any atom is -0.382 e. The highest BCUT2D eigenvalue weighted by molar-refractivity contribution is 7.98. The Morgan fingerprint density at radius 3 is 2.35 bits per heavy atom. The topological polar surface area (TPSA) is 51.8 Å². The van der Waals surface area contributed by atoms with Gasteiger partial charge in [-0.15, -0.1) is 11.8 Å². The summed E-state index contributed by atoms with van der Waals surface area (Å²) in [7, 11) is 0. The Labute approximate surface area is 105 Å². The lowest BCUT2D eigenvalue weighted by Crippen LogP contribution is -1.92. The number of hydrogen-bond donors (Lipinski definition) is 1. The molecule has 0 amide bonds. The van der Waals surface area contributed by atoms with Gasteiger partial charge in [0.1, 0.15) is 10.8 Å². The van der Waals surface area contributed by atoms with Crippen LogP contribution in [-0.4, -0.2) is 9.97 Å².